The normalized spacial score (nSPS) is 18.5. The topological polar surface area (TPSA) is 923 Å². The van der Waals surface area contributed by atoms with Crippen molar-refractivity contribution in [3.8, 4) is 0 Å². The first-order valence-corrected chi connectivity index (χ1v) is 46.1. The Morgan fingerprint density at radius 2 is 0.828 bits per heavy atom. The van der Waals surface area contributed by atoms with Crippen LogP contribution in [0.4, 0.5) is 11.8 Å². The van der Waals surface area contributed by atoms with E-state index in [1.165, 1.54) is 69.1 Å². The number of guanidine groups is 6. The van der Waals surface area contributed by atoms with Gasteiger partial charge in [-0.3, -0.25) is 104 Å². The van der Waals surface area contributed by atoms with Crippen LogP contribution in [0.2, 0.25) is 0 Å². The average Bonchev–Trinajstić information content (AvgIpc) is 1.61. The van der Waals surface area contributed by atoms with Crippen molar-refractivity contribution >= 4 is 141 Å². The van der Waals surface area contributed by atoms with Gasteiger partial charge in [-0.15, -0.1) is 13.6 Å². The zero-order valence-electron chi connectivity index (χ0n) is 73.6. The fourth-order valence-electron chi connectivity index (χ4n) is 14.1. The van der Waals surface area contributed by atoms with E-state index in [4.69, 9.17) is 106 Å². The predicted octanol–water partition coefficient (Wildman–Crippen LogP) is -8.53. The van der Waals surface area contributed by atoms with Crippen molar-refractivity contribution < 1.29 is 79.8 Å². The lowest BCUT2D eigenvalue weighted by molar-refractivity contribution is -0.158. The average molecular weight is 1940 g/mol. The van der Waals surface area contributed by atoms with Crippen LogP contribution < -0.4 is 132 Å². The molecular weight excluding hydrogens is 1830 g/mol. The van der Waals surface area contributed by atoms with Gasteiger partial charge >= 0.3 is 30.1 Å². The minimum absolute atomic E-state index is 0.000825. The number of aromatic amines is 2. The van der Waals surface area contributed by atoms with E-state index < -0.39 is 211 Å². The molecule has 0 saturated carbocycles. The number of carbonyl (C=O) groups excluding carboxylic acids is 8. The molecule has 8 amide bonds. The maximum absolute atomic E-state index is 15.0. The highest BCUT2D eigenvalue weighted by Gasteiger charge is 2.48. The summed E-state index contributed by atoms with van der Waals surface area (Å²) in [5.41, 5.74) is 43.6. The van der Waals surface area contributed by atoms with Crippen LogP contribution in [0.5, 0.6) is 0 Å². The third-order valence-electron chi connectivity index (χ3n) is 20.5. The van der Waals surface area contributed by atoms with Gasteiger partial charge in [0.1, 0.15) is 86.2 Å². The number of aromatic nitrogens is 10. The molecule has 15 atom stereocenters. The molecule has 3 aliphatic rings. The molecule has 60 nitrogen and oxygen atoms in total. The lowest BCUT2D eigenvalue weighted by Gasteiger charge is -2.38. The van der Waals surface area contributed by atoms with Gasteiger partial charge < -0.3 is 134 Å². The summed E-state index contributed by atoms with van der Waals surface area (Å²) in [5, 5.41) is 80.2. The van der Waals surface area contributed by atoms with Crippen LogP contribution >= 0.6 is 24.4 Å². The van der Waals surface area contributed by atoms with Gasteiger partial charge in [0.05, 0.1) is 51.9 Å². The number of amides is 8. The monoisotopic (exact) mass is 1940 g/mol. The highest BCUT2D eigenvalue weighted by atomic mass is 31.1. The summed E-state index contributed by atoms with van der Waals surface area (Å²) in [6, 6.07) is -8.96. The van der Waals surface area contributed by atoms with E-state index in [-0.39, 0.29) is 208 Å². The van der Waals surface area contributed by atoms with Crippen LogP contribution in [-0.4, -0.2) is 312 Å². The van der Waals surface area contributed by atoms with Gasteiger partial charge in [0.2, 0.25) is 53.2 Å². The number of carbonyl (C=O) groups is 8. The quantitative estimate of drug-likeness (QED) is 0.00744. The van der Waals surface area contributed by atoms with Gasteiger partial charge in [0.25, 0.3) is 11.1 Å². The Balaban J connectivity index is 1.02. The number of morpholine rings is 3. The number of hydrogen-bond acceptors (Lipinski definition) is 33. The molecule has 3 fully saturated rings. The molecule has 5 aromatic rings. The molecule has 0 radical (unpaired) electrons. The van der Waals surface area contributed by atoms with Gasteiger partial charge in [-0.05, 0) is 97.7 Å². The lowest BCUT2D eigenvalue weighted by Crippen LogP contribution is -2.60. The molecule has 0 spiro atoms. The second-order valence-corrected chi connectivity index (χ2v) is 34.7. The molecule has 734 valence electrons. The molecule has 0 aliphatic carbocycles. The van der Waals surface area contributed by atoms with Gasteiger partial charge in [0.15, 0.2) is 83.7 Å². The Hall–Kier alpha value is -13.5. The lowest BCUT2D eigenvalue weighted by atomic mass is 10.0. The fraction of sp³-hybridized carbons (Fsp3) is 0.606. The van der Waals surface area contributed by atoms with E-state index >= 15 is 4.79 Å². The molecular formula is C71H118N40O20P3+3. The maximum Gasteiger partial charge on any atom is 0.616 e. The van der Waals surface area contributed by atoms with E-state index in [2.05, 4.69) is 104 Å². The van der Waals surface area contributed by atoms with Crippen molar-refractivity contribution in [3.63, 3.8) is 0 Å². The number of imidazole rings is 2. The van der Waals surface area contributed by atoms with Gasteiger partial charge in [-0.2, -0.15) is 4.98 Å². The third kappa shape index (κ3) is 33.7. The molecule has 63 heteroatoms. The number of ether oxygens (including phenoxy) is 3. The zero-order valence-corrected chi connectivity index (χ0v) is 76.3. The molecule has 3 saturated heterocycles. The molecule has 0 bridgehead atoms. The molecule has 3 aliphatic heterocycles. The highest BCUT2D eigenvalue weighted by Crippen LogP contribution is 2.40. The molecule has 8 heterocycles. The van der Waals surface area contributed by atoms with Gasteiger partial charge in [-0.1, -0.05) is 9.34 Å². The number of anilines is 2. The summed E-state index contributed by atoms with van der Waals surface area (Å²) in [6.07, 6.45) is -2.44. The van der Waals surface area contributed by atoms with Crippen molar-refractivity contribution in [2.75, 3.05) is 123 Å². The third-order valence-corrected chi connectivity index (χ3v) is 23.3. The Morgan fingerprint density at radius 1 is 0.463 bits per heavy atom. The van der Waals surface area contributed by atoms with E-state index in [1.807, 2.05) is 0 Å². The minimum atomic E-state index is -2.97. The van der Waals surface area contributed by atoms with Crippen LogP contribution in [0.1, 0.15) is 108 Å². The smallest absolute Gasteiger partial charge is 0.382 e. The number of rotatable bonds is 52. The first-order chi connectivity index (χ1) is 63.7. The summed E-state index contributed by atoms with van der Waals surface area (Å²) in [7, 11) is -7.94. The van der Waals surface area contributed by atoms with Crippen molar-refractivity contribution in [2.45, 2.75) is 164 Å². The summed E-state index contributed by atoms with van der Waals surface area (Å²) in [4.78, 5) is 181. The zero-order chi connectivity index (χ0) is 98.0. The predicted molar refractivity (Wildman–Crippen MR) is 482 cm³/mol. The number of nitrogens with one attached hydrogen (secondary N) is 21. The van der Waals surface area contributed by atoms with Gasteiger partial charge in [0, 0.05) is 64.5 Å². The summed E-state index contributed by atoms with van der Waals surface area (Å²) in [6.45, 7) is 0.493. The number of nitrogens with two attached hydrogens (primary N) is 8. The van der Waals surface area contributed by atoms with E-state index in [9.17, 15) is 61.6 Å². The Bertz CT molecular complexity index is 5250. The molecule has 37 N–H and O–H groups in total. The van der Waals surface area contributed by atoms with Crippen LogP contribution in [0.3, 0.4) is 0 Å². The number of fused-ring (bicyclic) bond motifs is 2. The van der Waals surface area contributed by atoms with Crippen LogP contribution in [0, 0.1) is 39.4 Å². The van der Waals surface area contributed by atoms with Crippen molar-refractivity contribution in [1.29, 1.82) is 32.5 Å². The van der Waals surface area contributed by atoms with E-state index in [0.717, 1.165) is 4.57 Å². The highest BCUT2D eigenvalue weighted by molar-refractivity contribution is 7.38. The number of hydrogen-bond donors (Lipinski definition) is 29. The Labute approximate surface area is 766 Å². The van der Waals surface area contributed by atoms with Crippen molar-refractivity contribution in [1.82, 2.24) is 132 Å². The SMILES string of the molecule is CC(=O)NC(CCCNC(=N)N)C(=O)NC(CCCNC(=N)N)C(=O)NC(CCCNC(=N)N)C(=O)NC(CCCNC(=N)N)C(=O)NC(CCCNC(=N)N)C(=O)NC(CCCNC(=N)N)C(=O)NCC(=O)N1CC(CO[P+](=O)N2CC(CO[P+](=O)N3CC(CO[P+](C)=O)OC(n4cc(C)c(=O)[nH]c4=O)C3)OC(n3cnc4c(N)ncnc43)C2)OC(n2cnc3c(=O)[nH]c(N)nc32)C1. The summed E-state index contributed by atoms with van der Waals surface area (Å²) in [5.74, 6) is -9.92. The summed E-state index contributed by atoms with van der Waals surface area (Å²) >= 11 is 0. The fourth-order valence-corrected chi connectivity index (χ4v) is 16.6. The van der Waals surface area contributed by atoms with E-state index in [1.54, 1.807) is 0 Å². The van der Waals surface area contributed by atoms with Crippen LogP contribution in [-0.2, 0) is 79.8 Å². The number of nitrogen functional groups attached to an aromatic ring is 2. The summed E-state index contributed by atoms with van der Waals surface area (Å²) < 4.78 is 84.6. The largest absolute Gasteiger partial charge is 0.616 e. The second-order valence-electron chi connectivity index (χ2n) is 31.0. The molecule has 8 rings (SSSR count). The Kier molecular flexibility index (Phi) is 41.2. The minimum Gasteiger partial charge on any atom is -0.382 e. The van der Waals surface area contributed by atoms with E-state index in [0.29, 0.717) is 0 Å². The Morgan fingerprint density at radius 3 is 1.23 bits per heavy atom. The molecule has 0 aromatic carbocycles. The second kappa shape index (κ2) is 52.1. The first-order valence-electron chi connectivity index (χ1n) is 42.2. The van der Waals surface area contributed by atoms with Gasteiger partial charge in [-0.25, -0.2) is 24.7 Å². The number of H-pyrrole nitrogens is 2. The number of nitrogens with zero attached hydrogens (tertiary/aromatic N) is 11. The van der Waals surface area contributed by atoms with Crippen molar-refractivity contribution in [2.24, 2.45) is 34.4 Å². The molecule has 5 aromatic heterocycles. The van der Waals surface area contributed by atoms with Crippen LogP contribution in [0.15, 0.2) is 39.6 Å². The van der Waals surface area contributed by atoms with Crippen LogP contribution in [0.25, 0.3) is 22.3 Å². The number of aryl methyl sites for hydroxylation is 1. The maximum atomic E-state index is 15.0. The first kappa shape index (κ1) is 106. The standard InChI is InChI=1S/C71H115N40O20P3/c1-36-23-109(71(122)105-56(36)114)49-28-107(25-39(130-49)30-126-132(3)123)133(124)128-32-40-26-108(29-50(131-40)110-34-95-51-53(72)93-33-94-54(51)110)134(125)127-31-38-24-106(27-48(129-38)111-35-96-52-55(111)103-70(85)104-63(52)121)47(113)22-92-57(115)41(10-4-16-86-64(73)74)98-59(117)43(12-6-18-88-66(77)78)100-61(119)45(14-8-20-90-68(81)82)102-62(120)46(15-9-21-91-69(83)84)101-60(118)44(13-7-19-89-67(79)80)99-58(116)42(97-37(2)112)11-5-17-87-65(75)76/h23,33-35,38-46,48-50H,4-22,24-32H2,1-3H3,(H34-3,72,73,74,75,76,77,78,79,80,81,82,83,84,85,86,87,88,89,90,91,92,93,94,97,98,99,100,101,102,103,104,105,112,114,115,116,117,118,119,120,121,122)/p+3. The molecule has 134 heavy (non-hydrogen) atoms. The molecule has 15 unspecified atom stereocenters. The van der Waals surface area contributed by atoms with Crippen molar-refractivity contribution in [3.05, 3.63) is 61.9 Å².